The largest absolute Gasteiger partial charge is 0.479 e. The van der Waals surface area contributed by atoms with Gasteiger partial charge in [0, 0.05) is 13.5 Å². The molecule has 1 aliphatic heterocycles. The first-order chi connectivity index (χ1) is 7.88. The summed E-state index contributed by atoms with van der Waals surface area (Å²) in [6.45, 7) is 5.51. The van der Waals surface area contributed by atoms with Gasteiger partial charge in [-0.2, -0.15) is 0 Å². The predicted octanol–water partition coefficient (Wildman–Crippen LogP) is -0.426. The number of nitrogens with one attached hydrogen (secondary N) is 1. The highest BCUT2D eigenvalue weighted by Gasteiger charge is 2.44. The predicted molar refractivity (Wildman–Crippen MR) is 61.3 cm³/mol. The van der Waals surface area contributed by atoms with Crippen molar-refractivity contribution in [3.63, 3.8) is 0 Å². The van der Waals surface area contributed by atoms with E-state index in [0.29, 0.717) is 0 Å². The number of carbonyl (C=O) groups is 2. The first-order valence-electron chi connectivity index (χ1n) is 5.74. The normalized spacial score (nSPS) is 37.5. The summed E-state index contributed by atoms with van der Waals surface area (Å²) in [5.74, 6) is -1.22. The van der Waals surface area contributed by atoms with Gasteiger partial charge in [0.25, 0.3) is 0 Å². The molecule has 17 heavy (non-hydrogen) atoms. The summed E-state index contributed by atoms with van der Waals surface area (Å²) in [5, 5.41) is 11.8. The lowest BCUT2D eigenvalue weighted by molar-refractivity contribution is -0.173. The van der Waals surface area contributed by atoms with Crippen LogP contribution >= 0.6 is 0 Å². The minimum absolute atomic E-state index is 0.00213. The quantitative estimate of drug-likeness (QED) is 0.625. The Balaban J connectivity index is 2.90. The van der Waals surface area contributed by atoms with Gasteiger partial charge in [0.05, 0.1) is 12.1 Å². The topological polar surface area (TPSA) is 102 Å². The van der Waals surface area contributed by atoms with Crippen molar-refractivity contribution in [3.8, 4) is 0 Å². The number of hydrogen-bond donors (Lipinski definition) is 3. The van der Waals surface area contributed by atoms with Crippen LogP contribution in [0.2, 0.25) is 0 Å². The van der Waals surface area contributed by atoms with Crippen LogP contribution in [0, 0.1) is 11.8 Å². The maximum absolute atomic E-state index is 11.1. The van der Waals surface area contributed by atoms with Gasteiger partial charge in [-0.05, 0) is 11.8 Å². The molecule has 5 atom stereocenters. The standard InChI is InChI=1S/C11H20N2O4/c1-5-6(2)9(13-7(3)14)10(11(15)16)17-8(5)4-12/h5-6,8-10H,4,12H2,1-3H3,(H,13,14)(H,15,16)/t5-,6-,8+,9+,10+/m0/s1. The number of aliphatic carboxylic acids is 1. The molecule has 0 aromatic heterocycles. The molecule has 98 valence electrons. The van der Waals surface area contributed by atoms with Crippen molar-refractivity contribution >= 4 is 11.9 Å². The van der Waals surface area contributed by atoms with Gasteiger partial charge < -0.3 is 20.9 Å². The highest BCUT2D eigenvalue weighted by Crippen LogP contribution is 2.30. The Bertz CT molecular complexity index is 308. The van der Waals surface area contributed by atoms with Gasteiger partial charge in [0.1, 0.15) is 0 Å². The Morgan fingerprint density at radius 1 is 1.35 bits per heavy atom. The van der Waals surface area contributed by atoms with E-state index in [1.807, 2.05) is 13.8 Å². The van der Waals surface area contributed by atoms with Gasteiger partial charge in [-0.25, -0.2) is 4.79 Å². The molecule has 0 unspecified atom stereocenters. The van der Waals surface area contributed by atoms with Crippen molar-refractivity contribution in [1.82, 2.24) is 5.32 Å². The van der Waals surface area contributed by atoms with Crippen molar-refractivity contribution in [1.29, 1.82) is 0 Å². The highest BCUT2D eigenvalue weighted by atomic mass is 16.5. The Labute approximate surface area is 101 Å². The number of carboxylic acid groups (broad SMARTS) is 1. The fourth-order valence-corrected chi connectivity index (χ4v) is 2.26. The number of hydrogen-bond acceptors (Lipinski definition) is 4. The first kappa shape index (κ1) is 13.9. The molecule has 4 N–H and O–H groups in total. The van der Waals surface area contributed by atoms with Crippen LogP contribution in [0.3, 0.4) is 0 Å². The van der Waals surface area contributed by atoms with Crippen LogP contribution < -0.4 is 11.1 Å². The molecule has 0 aromatic carbocycles. The van der Waals surface area contributed by atoms with Crippen LogP contribution in [0.1, 0.15) is 20.8 Å². The lowest BCUT2D eigenvalue weighted by atomic mass is 9.79. The zero-order valence-electron chi connectivity index (χ0n) is 10.3. The zero-order chi connectivity index (χ0) is 13.2. The number of ether oxygens (including phenoxy) is 1. The summed E-state index contributed by atoms with van der Waals surface area (Å²) < 4.78 is 5.45. The fourth-order valence-electron chi connectivity index (χ4n) is 2.26. The van der Waals surface area contributed by atoms with Crippen molar-refractivity contribution in [3.05, 3.63) is 0 Å². The van der Waals surface area contributed by atoms with E-state index < -0.39 is 18.1 Å². The van der Waals surface area contributed by atoms with Crippen LogP contribution in [-0.4, -0.2) is 41.8 Å². The molecule has 0 aromatic rings. The monoisotopic (exact) mass is 244 g/mol. The van der Waals surface area contributed by atoms with Crippen molar-refractivity contribution in [2.45, 2.75) is 39.0 Å². The molecule has 0 bridgehead atoms. The summed E-state index contributed by atoms with van der Waals surface area (Å²) in [4.78, 5) is 22.2. The lowest BCUT2D eigenvalue weighted by Gasteiger charge is -2.43. The molecule has 6 nitrogen and oxygen atoms in total. The lowest BCUT2D eigenvalue weighted by Crippen LogP contribution is -2.60. The minimum atomic E-state index is -1.07. The first-order valence-corrected chi connectivity index (χ1v) is 5.74. The Morgan fingerprint density at radius 2 is 1.94 bits per heavy atom. The van der Waals surface area contributed by atoms with Crippen molar-refractivity contribution < 1.29 is 19.4 Å². The van der Waals surface area contributed by atoms with Gasteiger partial charge >= 0.3 is 5.97 Å². The summed E-state index contributed by atoms with van der Waals surface area (Å²) in [6.07, 6.45) is -1.31. The molecule has 0 spiro atoms. The number of amides is 1. The van der Waals surface area contributed by atoms with E-state index in [2.05, 4.69) is 5.32 Å². The number of carboxylic acids is 1. The maximum Gasteiger partial charge on any atom is 0.335 e. The molecule has 1 saturated heterocycles. The van der Waals surface area contributed by atoms with Crippen LogP contribution in [0.15, 0.2) is 0 Å². The second-order valence-corrected chi connectivity index (χ2v) is 4.61. The van der Waals surface area contributed by atoms with E-state index in [-0.39, 0.29) is 30.4 Å². The van der Waals surface area contributed by atoms with Gasteiger partial charge in [0.15, 0.2) is 6.10 Å². The molecule has 1 aliphatic rings. The van der Waals surface area contributed by atoms with Crippen molar-refractivity contribution in [2.24, 2.45) is 17.6 Å². The van der Waals surface area contributed by atoms with E-state index in [1.165, 1.54) is 6.92 Å². The van der Waals surface area contributed by atoms with Gasteiger partial charge in [-0.3, -0.25) is 4.79 Å². The van der Waals surface area contributed by atoms with Crippen LogP contribution in [-0.2, 0) is 14.3 Å². The smallest absolute Gasteiger partial charge is 0.335 e. The second-order valence-electron chi connectivity index (χ2n) is 4.61. The number of nitrogens with two attached hydrogens (primary N) is 1. The summed E-state index contributed by atoms with van der Waals surface area (Å²) >= 11 is 0. The average molecular weight is 244 g/mol. The molecule has 1 heterocycles. The minimum Gasteiger partial charge on any atom is -0.479 e. The van der Waals surface area contributed by atoms with Crippen LogP contribution in [0.5, 0.6) is 0 Å². The zero-order valence-corrected chi connectivity index (χ0v) is 10.3. The molecule has 6 heteroatoms. The molecule has 1 fully saturated rings. The third kappa shape index (κ3) is 2.95. The van der Waals surface area contributed by atoms with Gasteiger partial charge in [-0.1, -0.05) is 13.8 Å². The van der Waals surface area contributed by atoms with E-state index in [1.54, 1.807) is 0 Å². The number of carbonyl (C=O) groups excluding carboxylic acids is 1. The molecule has 0 radical (unpaired) electrons. The average Bonchev–Trinajstić information content (AvgIpc) is 2.24. The molecular weight excluding hydrogens is 224 g/mol. The molecule has 1 rings (SSSR count). The molecule has 0 aliphatic carbocycles. The van der Waals surface area contributed by atoms with E-state index in [4.69, 9.17) is 15.6 Å². The van der Waals surface area contributed by atoms with Gasteiger partial charge in [-0.15, -0.1) is 0 Å². The third-order valence-corrected chi connectivity index (χ3v) is 3.48. The SMILES string of the molecule is CC(=O)N[C@@H]1[C@@H](C)[C@H](C)[C@@H](CN)O[C@H]1C(=O)O. The maximum atomic E-state index is 11.1. The van der Waals surface area contributed by atoms with E-state index >= 15 is 0 Å². The highest BCUT2D eigenvalue weighted by molar-refractivity contribution is 5.77. The Morgan fingerprint density at radius 3 is 2.35 bits per heavy atom. The van der Waals surface area contributed by atoms with Crippen molar-refractivity contribution in [2.75, 3.05) is 6.54 Å². The fraction of sp³-hybridized carbons (Fsp3) is 0.818. The Hall–Kier alpha value is -1.14. The summed E-state index contributed by atoms with van der Waals surface area (Å²) in [5.41, 5.74) is 5.56. The number of rotatable bonds is 3. The van der Waals surface area contributed by atoms with Crippen LogP contribution in [0.4, 0.5) is 0 Å². The van der Waals surface area contributed by atoms with Gasteiger partial charge in [0.2, 0.25) is 5.91 Å². The Kier molecular flexibility index (Phi) is 4.47. The molecule has 0 saturated carbocycles. The van der Waals surface area contributed by atoms with E-state index in [0.717, 1.165) is 0 Å². The second kappa shape index (κ2) is 5.46. The molecular formula is C11H20N2O4. The van der Waals surface area contributed by atoms with Crippen LogP contribution in [0.25, 0.3) is 0 Å². The third-order valence-electron chi connectivity index (χ3n) is 3.48. The molecule has 1 amide bonds. The summed E-state index contributed by atoms with van der Waals surface area (Å²) in [7, 11) is 0. The summed E-state index contributed by atoms with van der Waals surface area (Å²) in [6, 6.07) is -0.511. The van der Waals surface area contributed by atoms with E-state index in [9.17, 15) is 9.59 Å².